The maximum Gasteiger partial charge on any atom is 0.302 e. The van der Waals surface area contributed by atoms with Crippen LogP contribution in [0.5, 0.6) is 0 Å². The first-order valence-corrected chi connectivity index (χ1v) is 6.72. The SMILES string of the molecule is CC(=O)O[C@H]1CCCC[C@@H]1Nc1ccc(Cl)cc1. The fraction of sp³-hybridized carbons (Fsp3) is 0.500. The van der Waals surface area contributed by atoms with E-state index in [9.17, 15) is 4.79 Å². The molecule has 4 heteroatoms. The van der Waals surface area contributed by atoms with Crippen molar-refractivity contribution in [3.63, 3.8) is 0 Å². The molecule has 1 aromatic carbocycles. The molecule has 1 aliphatic rings. The monoisotopic (exact) mass is 267 g/mol. The third-order valence-corrected chi connectivity index (χ3v) is 3.47. The molecular formula is C14H18ClNO2. The van der Waals surface area contributed by atoms with E-state index in [4.69, 9.17) is 16.3 Å². The molecule has 98 valence electrons. The van der Waals surface area contributed by atoms with E-state index >= 15 is 0 Å². The fourth-order valence-electron chi connectivity index (χ4n) is 2.38. The van der Waals surface area contributed by atoms with Crippen LogP contribution in [0.15, 0.2) is 24.3 Å². The van der Waals surface area contributed by atoms with Crippen LogP contribution in [0.25, 0.3) is 0 Å². The predicted molar refractivity (Wildman–Crippen MR) is 72.9 cm³/mol. The Bertz CT molecular complexity index is 405. The maximum atomic E-state index is 11.1. The molecule has 1 saturated carbocycles. The molecule has 0 unspecified atom stereocenters. The van der Waals surface area contributed by atoms with Crippen molar-refractivity contribution in [1.29, 1.82) is 0 Å². The maximum absolute atomic E-state index is 11.1. The lowest BCUT2D eigenvalue weighted by molar-refractivity contribution is -0.148. The van der Waals surface area contributed by atoms with Crippen molar-refractivity contribution < 1.29 is 9.53 Å². The average molecular weight is 268 g/mol. The summed E-state index contributed by atoms with van der Waals surface area (Å²) in [5, 5.41) is 4.15. The number of carbonyl (C=O) groups is 1. The molecule has 0 bridgehead atoms. The Morgan fingerprint density at radius 1 is 1.28 bits per heavy atom. The Hall–Kier alpha value is -1.22. The van der Waals surface area contributed by atoms with Crippen LogP contribution in [0.2, 0.25) is 5.02 Å². The highest BCUT2D eigenvalue weighted by atomic mass is 35.5. The van der Waals surface area contributed by atoms with Gasteiger partial charge in [-0.05, 0) is 43.5 Å². The summed E-state index contributed by atoms with van der Waals surface area (Å²) in [7, 11) is 0. The molecule has 2 rings (SSSR count). The topological polar surface area (TPSA) is 38.3 Å². The Balaban J connectivity index is 2.00. The van der Waals surface area contributed by atoms with Gasteiger partial charge in [-0.2, -0.15) is 0 Å². The van der Waals surface area contributed by atoms with Crippen molar-refractivity contribution in [2.24, 2.45) is 0 Å². The Morgan fingerprint density at radius 3 is 2.61 bits per heavy atom. The van der Waals surface area contributed by atoms with Crippen molar-refractivity contribution in [2.75, 3.05) is 5.32 Å². The molecule has 18 heavy (non-hydrogen) atoms. The van der Waals surface area contributed by atoms with E-state index in [1.807, 2.05) is 24.3 Å². The molecule has 1 N–H and O–H groups in total. The number of hydrogen-bond acceptors (Lipinski definition) is 3. The van der Waals surface area contributed by atoms with E-state index in [2.05, 4.69) is 5.32 Å². The van der Waals surface area contributed by atoms with Gasteiger partial charge >= 0.3 is 5.97 Å². The van der Waals surface area contributed by atoms with E-state index in [0.29, 0.717) is 0 Å². The minimum atomic E-state index is -0.204. The van der Waals surface area contributed by atoms with Crippen LogP contribution in [-0.4, -0.2) is 18.1 Å². The van der Waals surface area contributed by atoms with Crippen molar-refractivity contribution in [3.05, 3.63) is 29.3 Å². The summed E-state index contributed by atoms with van der Waals surface area (Å²) in [5.41, 5.74) is 1.02. The number of nitrogens with one attached hydrogen (secondary N) is 1. The van der Waals surface area contributed by atoms with Gasteiger partial charge in [0.2, 0.25) is 0 Å². The van der Waals surface area contributed by atoms with E-state index in [1.165, 1.54) is 13.3 Å². The smallest absolute Gasteiger partial charge is 0.302 e. The molecule has 1 aliphatic carbocycles. The number of anilines is 1. The number of benzene rings is 1. The molecule has 1 fully saturated rings. The molecule has 0 spiro atoms. The molecule has 3 nitrogen and oxygen atoms in total. The van der Waals surface area contributed by atoms with Crippen molar-refractivity contribution >= 4 is 23.3 Å². The highest BCUT2D eigenvalue weighted by Crippen LogP contribution is 2.25. The lowest BCUT2D eigenvalue weighted by Gasteiger charge is -2.32. The average Bonchev–Trinajstić information content (AvgIpc) is 2.34. The molecule has 0 amide bonds. The molecule has 2 atom stereocenters. The third kappa shape index (κ3) is 3.64. The van der Waals surface area contributed by atoms with E-state index in [-0.39, 0.29) is 18.1 Å². The quantitative estimate of drug-likeness (QED) is 0.850. The molecule has 0 heterocycles. The van der Waals surface area contributed by atoms with Crippen LogP contribution < -0.4 is 5.32 Å². The van der Waals surface area contributed by atoms with Gasteiger partial charge in [-0.15, -0.1) is 0 Å². The van der Waals surface area contributed by atoms with Gasteiger partial charge in [0.25, 0.3) is 0 Å². The lowest BCUT2D eigenvalue weighted by Crippen LogP contribution is -2.39. The molecule has 0 radical (unpaired) electrons. The zero-order valence-corrected chi connectivity index (χ0v) is 11.2. The second kappa shape index (κ2) is 6.10. The third-order valence-electron chi connectivity index (χ3n) is 3.22. The van der Waals surface area contributed by atoms with Gasteiger partial charge < -0.3 is 10.1 Å². The lowest BCUT2D eigenvalue weighted by atomic mass is 9.92. The minimum Gasteiger partial charge on any atom is -0.460 e. The van der Waals surface area contributed by atoms with Crippen LogP contribution in [-0.2, 0) is 9.53 Å². The molecule has 0 aromatic heterocycles. The zero-order valence-electron chi connectivity index (χ0n) is 10.5. The van der Waals surface area contributed by atoms with Gasteiger partial charge in [-0.25, -0.2) is 0 Å². The summed E-state index contributed by atoms with van der Waals surface area (Å²) < 4.78 is 5.37. The molecule has 0 saturated heterocycles. The van der Waals surface area contributed by atoms with Crippen LogP contribution in [0, 0.1) is 0 Å². The van der Waals surface area contributed by atoms with E-state index in [1.54, 1.807) is 0 Å². The van der Waals surface area contributed by atoms with Crippen LogP contribution in [0.1, 0.15) is 32.6 Å². The molecular weight excluding hydrogens is 250 g/mol. The van der Waals surface area contributed by atoms with Crippen molar-refractivity contribution in [2.45, 2.75) is 44.8 Å². The summed E-state index contributed by atoms with van der Waals surface area (Å²) in [6.45, 7) is 1.47. The number of halogens is 1. The number of carbonyl (C=O) groups excluding carboxylic acids is 1. The summed E-state index contributed by atoms with van der Waals surface area (Å²) in [5.74, 6) is -0.204. The van der Waals surface area contributed by atoms with Gasteiger partial charge in [0.05, 0.1) is 6.04 Å². The normalized spacial score (nSPS) is 23.4. The zero-order chi connectivity index (χ0) is 13.0. The summed E-state index contributed by atoms with van der Waals surface area (Å²) >= 11 is 5.85. The Kier molecular flexibility index (Phi) is 4.48. The Labute approximate surface area is 112 Å². The summed E-state index contributed by atoms with van der Waals surface area (Å²) in [4.78, 5) is 11.1. The van der Waals surface area contributed by atoms with Gasteiger partial charge in [0, 0.05) is 17.6 Å². The van der Waals surface area contributed by atoms with Crippen molar-refractivity contribution in [1.82, 2.24) is 0 Å². The van der Waals surface area contributed by atoms with Gasteiger partial charge in [-0.3, -0.25) is 4.79 Å². The summed E-state index contributed by atoms with van der Waals surface area (Å²) in [6, 6.07) is 7.80. The van der Waals surface area contributed by atoms with Crippen LogP contribution in [0.4, 0.5) is 5.69 Å². The molecule has 1 aromatic rings. The number of hydrogen-bond donors (Lipinski definition) is 1. The fourth-order valence-corrected chi connectivity index (χ4v) is 2.50. The van der Waals surface area contributed by atoms with E-state index in [0.717, 1.165) is 30.0 Å². The first kappa shape index (κ1) is 13.2. The minimum absolute atomic E-state index is 0.0214. The van der Waals surface area contributed by atoms with Crippen LogP contribution >= 0.6 is 11.6 Å². The van der Waals surface area contributed by atoms with Gasteiger partial charge in [0.15, 0.2) is 0 Å². The predicted octanol–water partition coefficient (Wildman–Crippen LogP) is 3.63. The largest absolute Gasteiger partial charge is 0.460 e. The van der Waals surface area contributed by atoms with Crippen molar-refractivity contribution in [3.8, 4) is 0 Å². The molecule has 0 aliphatic heterocycles. The van der Waals surface area contributed by atoms with Crippen LogP contribution in [0.3, 0.4) is 0 Å². The Morgan fingerprint density at radius 2 is 1.94 bits per heavy atom. The highest BCUT2D eigenvalue weighted by Gasteiger charge is 2.27. The second-order valence-corrected chi connectivity index (χ2v) is 5.13. The first-order valence-electron chi connectivity index (χ1n) is 6.34. The van der Waals surface area contributed by atoms with Gasteiger partial charge in [-0.1, -0.05) is 18.0 Å². The second-order valence-electron chi connectivity index (χ2n) is 4.69. The standard InChI is InChI=1S/C14H18ClNO2/c1-10(17)18-14-5-3-2-4-13(14)16-12-8-6-11(15)7-9-12/h6-9,13-14,16H,2-5H2,1H3/t13-,14-/m0/s1. The summed E-state index contributed by atoms with van der Waals surface area (Å²) in [6.07, 6.45) is 4.23. The first-order chi connectivity index (χ1) is 8.65. The number of ether oxygens (including phenoxy) is 1. The van der Waals surface area contributed by atoms with Gasteiger partial charge in [0.1, 0.15) is 6.10 Å². The number of esters is 1. The number of rotatable bonds is 3. The highest BCUT2D eigenvalue weighted by molar-refractivity contribution is 6.30. The van der Waals surface area contributed by atoms with E-state index < -0.39 is 0 Å².